The SMILES string of the molecule is CN(C)C1CCN(c2ccc(C(F)(F)F)cc2C(=N)N)C1. The summed E-state index contributed by atoms with van der Waals surface area (Å²) in [6.45, 7) is 1.47. The summed E-state index contributed by atoms with van der Waals surface area (Å²) >= 11 is 0. The zero-order chi connectivity index (χ0) is 15.8. The van der Waals surface area contributed by atoms with Gasteiger partial charge >= 0.3 is 6.18 Å². The first kappa shape index (κ1) is 15.6. The number of rotatable bonds is 3. The molecule has 0 aromatic heterocycles. The Morgan fingerprint density at radius 1 is 1.38 bits per heavy atom. The molecule has 0 aliphatic carbocycles. The van der Waals surface area contributed by atoms with E-state index in [0.29, 0.717) is 11.7 Å². The van der Waals surface area contributed by atoms with E-state index in [1.54, 1.807) is 0 Å². The first-order chi connectivity index (χ1) is 9.70. The molecule has 1 heterocycles. The lowest BCUT2D eigenvalue weighted by Gasteiger charge is -2.24. The van der Waals surface area contributed by atoms with Gasteiger partial charge in [-0.15, -0.1) is 0 Å². The highest BCUT2D eigenvalue weighted by molar-refractivity contribution is 6.00. The second-order valence-electron chi connectivity index (χ2n) is 5.50. The van der Waals surface area contributed by atoms with Crippen LogP contribution in [0.15, 0.2) is 18.2 Å². The molecule has 1 aromatic carbocycles. The summed E-state index contributed by atoms with van der Waals surface area (Å²) in [4.78, 5) is 4.08. The molecule has 0 radical (unpaired) electrons. The monoisotopic (exact) mass is 300 g/mol. The molecule has 1 saturated heterocycles. The van der Waals surface area contributed by atoms with Crippen molar-refractivity contribution in [3.8, 4) is 0 Å². The molecule has 4 nitrogen and oxygen atoms in total. The molecule has 2 rings (SSSR count). The van der Waals surface area contributed by atoms with Gasteiger partial charge in [0.25, 0.3) is 0 Å². The van der Waals surface area contributed by atoms with Crippen LogP contribution < -0.4 is 10.6 Å². The van der Waals surface area contributed by atoms with Crippen LogP contribution in [0.5, 0.6) is 0 Å². The van der Waals surface area contributed by atoms with Crippen molar-refractivity contribution in [3.63, 3.8) is 0 Å². The van der Waals surface area contributed by atoms with Gasteiger partial charge in [-0.05, 0) is 38.7 Å². The van der Waals surface area contributed by atoms with E-state index in [0.717, 1.165) is 31.6 Å². The highest BCUT2D eigenvalue weighted by atomic mass is 19.4. The topological polar surface area (TPSA) is 56.4 Å². The number of hydrogen-bond donors (Lipinski definition) is 2. The number of halogens is 3. The van der Waals surface area contributed by atoms with E-state index in [2.05, 4.69) is 4.90 Å². The highest BCUT2D eigenvalue weighted by Gasteiger charge is 2.32. The summed E-state index contributed by atoms with van der Waals surface area (Å²) in [7, 11) is 3.96. The molecule has 0 saturated carbocycles. The van der Waals surface area contributed by atoms with Gasteiger partial charge in [-0.2, -0.15) is 13.2 Å². The van der Waals surface area contributed by atoms with Gasteiger partial charge in [0.05, 0.1) is 5.56 Å². The minimum absolute atomic E-state index is 0.143. The van der Waals surface area contributed by atoms with Gasteiger partial charge in [0.15, 0.2) is 0 Å². The second-order valence-corrected chi connectivity index (χ2v) is 5.50. The minimum atomic E-state index is -4.43. The maximum atomic E-state index is 12.8. The summed E-state index contributed by atoms with van der Waals surface area (Å²) in [5, 5.41) is 7.55. The van der Waals surface area contributed by atoms with Crippen molar-refractivity contribution in [1.82, 2.24) is 4.90 Å². The number of nitrogen functional groups attached to an aromatic ring is 1. The maximum Gasteiger partial charge on any atom is 0.416 e. The first-order valence-electron chi connectivity index (χ1n) is 6.67. The van der Waals surface area contributed by atoms with Crippen molar-refractivity contribution in [2.45, 2.75) is 18.6 Å². The summed E-state index contributed by atoms with van der Waals surface area (Å²) in [5.74, 6) is -0.343. The molecule has 0 spiro atoms. The number of benzene rings is 1. The fraction of sp³-hybridized carbons (Fsp3) is 0.500. The molecule has 0 bridgehead atoms. The van der Waals surface area contributed by atoms with E-state index in [4.69, 9.17) is 11.1 Å². The van der Waals surface area contributed by atoms with E-state index >= 15 is 0 Å². The number of hydrogen-bond acceptors (Lipinski definition) is 3. The zero-order valence-corrected chi connectivity index (χ0v) is 12.0. The molecular formula is C14H19F3N4. The first-order valence-corrected chi connectivity index (χ1v) is 6.67. The molecule has 0 amide bonds. The lowest BCUT2D eigenvalue weighted by molar-refractivity contribution is -0.137. The van der Waals surface area contributed by atoms with Crippen LogP contribution in [0.2, 0.25) is 0 Å². The van der Waals surface area contributed by atoms with Crippen LogP contribution >= 0.6 is 0 Å². The smallest absolute Gasteiger partial charge is 0.384 e. The molecule has 7 heteroatoms. The quantitative estimate of drug-likeness (QED) is 0.664. The van der Waals surface area contributed by atoms with Gasteiger partial charge in [-0.25, -0.2) is 0 Å². The molecule has 3 N–H and O–H groups in total. The van der Waals surface area contributed by atoms with E-state index in [-0.39, 0.29) is 11.4 Å². The Morgan fingerprint density at radius 2 is 2.05 bits per heavy atom. The number of amidine groups is 1. The van der Waals surface area contributed by atoms with Crippen LogP contribution in [-0.4, -0.2) is 44.0 Å². The van der Waals surface area contributed by atoms with Gasteiger partial charge in [-0.3, -0.25) is 5.41 Å². The fourth-order valence-corrected chi connectivity index (χ4v) is 2.59. The number of nitrogens with two attached hydrogens (primary N) is 1. The van der Waals surface area contributed by atoms with Crippen molar-refractivity contribution in [2.75, 3.05) is 32.1 Å². The molecule has 1 unspecified atom stereocenters. The van der Waals surface area contributed by atoms with Crippen LogP contribution in [-0.2, 0) is 6.18 Å². The summed E-state index contributed by atoms with van der Waals surface area (Å²) < 4.78 is 38.3. The summed E-state index contributed by atoms with van der Waals surface area (Å²) in [5.41, 5.74) is 5.43. The standard InChI is InChI=1S/C14H19F3N4/c1-20(2)10-5-6-21(8-10)12-4-3-9(14(15,16)17)7-11(12)13(18)19/h3-4,7,10H,5-6,8H2,1-2H3,(H3,18,19). The predicted molar refractivity (Wildman–Crippen MR) is 76.8 cm³/mol. The van der Waals surface area contributed by atoms with Crippen LogP contribution in [0.3, 0.4) is 0 Å². The maximum absolute atomic E-state index is 12.8. The van der Waals surface area contributed by atoms with Crippen LogP contribution in [0.25, 0.3) is 0 Å². The minimum Gasteiger partial charge on any atom is -0.384 e. The Labute approximate surface area is 121 Å². The molecule has 1 atom stereocenters. The molecule has 1 aliphatic heterocycles. The lowest BCUT2D eigenvalue weighted by Crippen LogP contribution is -2.32. The lowest BCUT2D eigenvalue weighted by atomic mass is 10.1. The third-order valence-corrected chi connectivity index (χ3v) is 3.85. The number of alkyl halides is 3. The van der Waals surface area contributed by atoms with Gasteiger partial charge < -0.3 is 15.5 Å². The van der Waals surface area contributed by atoms with Crippen molar-refractivity contribution in [2.24, 2.45) is 5.73 Å². The van der Waals surface area contributed by atoms with E-state index in [1.165, 1.54) is 6.07 Å². The molecular weight excluding hydrogens is 281 g/mol. The second kappa shape index (κ2) is 5.55. The number of likely N-dealkylation sites (N-methyl/N-ethyl adjacent to an activating group) is 1. The average Bonchev–Trinajstić information content (AvgIpc) is 2.86. The zero-order valence-electron chi connectivity index (χ0n) is 12.0. The summed E-state index contributed by atoms with van der Waals surface area (Å²) in [6, 6.07) is 3.77. The Bertz CT molecular complexity index is 540. The third kappa shape index (κ3) is 3.29. The predicted octanol–water partition coefficient (Wildman–Crippen LogP) is 2.13. The molecule has 1 aliphatic rings. The van der Waals surface area contributed by atoms with E-state index in [9.17, 15) is 13.2 Å². The Morgan fingerprint density at radius 3 is 2.52 bits per heavy atom. The van der Waals surface area contributed by atoms with E-state index in [1.807, 2.05) is 19.0 Å². The highest BCUT2D eigenvalue weighted by Crippen LogP contribution is 2.34. The normalized spacial score (nSPS) is 19.3. The Hall–Kier alpha value is -1.76. The fourth-order valence-electron chi connectivity index (χ4n) is 2.59. The van der Waals surface area contributed by atoms with Crippen molar-refractivity contribution in [1.29, 1.82) is 5.41 Å². The van der Waals surface area contributed by atoms with Crippen molar-refractivity contribution >= 4 is 11.5 Å². The van der Waals surface area contributed by atoms with Crippen LogP contribution in [0.1, 0.15) is 17.5 Å². The number of nitrogens with zero attached hydrogens (tertiary/aromatic N) is 2. The van der Waals surface area contributed by atoms with Crippen LogP contribution in [0.4, 0.5) is 18.9 Å². The Balaban J connectivity index is 2.34. The third-order valence-electron chi connectivity index (χ3n) is 3.85. The molecule has 1 fully saturated rings. The molecule has 116 valence electrons. The number of nitrogens with one attached hydrogen (secondary N) is 1. The average molecular weight is 300 g/mol. The molecule has 1 aromatic rings. The van der Waals surface area contributed by atoms with Gasteiger partial charge in [0.1, 0.15) is 5.84 Å². The van der Waals surface area contributed by atoms with Crippen molar-refractivity contribution in [3.05, 3.63) is 29.3 Å². The van der Waals surface area contributed by atoms with E-state index < -0.39 is 11.7 Å². The number of anilines is 1. The van der Waals surface area contributed by atoms with Gasteiger partial charge in [0, 0.05) is 30.4 Å². The van der Waals surface area contributed by atoms with Crippen LogP contribution in [0, 0.1) is 5.41 Å². The van der Waals surface area contributed by atoms with Crippen molar-refractivity contribution < 1.29 is 13.2 Å². The largest absolute Gasteiger partial charge is 0.416 e. The molecule has 21 heavy (non-hydrogen) atoms. The Kier molecular flexibility index (Phi) is 4.13. The van der Waals surface area contributed by atoms with Gasteiger partial charge in [0.2, 0.25) is 0 Å². The van der Waals surface area contributed by atoms with Gasteiger partial charge in [-0.1, -0.05) is 0 Å². The summed E-state index contributed by atoms with van der Waals surface area (Å²) in [6.07, 6.45) is -3.49.